The number of carbonyl (C=O) groups is 1. The number of rotatable bonds is 5. The first kappa shape index (κ1) is 14.1. The lowest BCUT2D eigenvalue weighted by atomic mass is 9.99. The Bertz CT molecular complexity index is 602. The molecule has 0 aliphatic heterocycles. The Labute approximate surface area is 119 Å². The minimum absolute atomic E-state index is 0.102. The van der Waals surface area contributed by atoms with Crippen molar-refractivity contribution in [3.63, 3.8) is 0 Å². The zero-order valence-electron chi connectivity index (χ0n) is 11.8. The van der Waals surface area contributed by atoms with Gasteiger partial charge in [-0.25, -0.2) is 4.98 Å². The maximum atomic E-state index is 11.6. The molecule has 1 N–H and O–H groups in total. The van der Waals surface area contributed by atoms with Gasteiger partial charge in [-0.15, -0.1) is 0 Å². The fraction of sp³-hybridized carbons (Fsp3) is 0.250. The number of hydrogen-bond donors (Lipinski definition) is 1. The van der Waals surface area contributed by atoms with Gasteiger partial charge in [0.25, 0.3) is 0 Å². The van der Waals surface area contributed by atoms with Crippen molar-refractivity contribution < 1.29 is 4.79 Å². The maximum absolute atomic E-state index is 11.6. The van der Waals surface area contributed by atoms with Crippen molar-refractivity contribution in [1.82, 2.24) is 14.9 Å². The second kappa shape index (κ2) is 6.19. The highest BCUT2D eigenvalue weighted by molar-refractivity contribution is 5.87. The molecule has 1 aromatic heterocycles. The molecule has 20 heavy (non-hydrogen) atoms. The predicted octanol–water partition coefficient (Wildman–Crippen LogP) is 2.54. The average molecular weight is 269 g/mol. The number of carbonyl (C=O) groups excluding carboxylic acids is 1. The molecule has 0 aliphatic rings. The van der Waals surface area contributed by atoms with Crippen LogP contribution in [0.5, 0.6) is 0 Å². The van der Waals surface area contributed by atoms with Gasteiger partial charge in [0.2, 0.25) is 5.91 Å². The number of aromatic nitrogens is 2. The fourth-order valence-electron chi connectivity index (χ4n) is 2.27. The number of imidazole rings is 1. The number of benzene rings is 1. The van der Waals surface area contributed by atoms with E-state index in [1.165, 1.54) is 17.2 Å². The Morgan fingerprint density at radius 3 is 2.90 bits per heavy atom. The second-order valence-corrected chi connectivity index (χ2v) is 4.88. The van der Waals surface area contributed by atoms with Crippen molar-refractivity contribution in [2.24, 2.45) is 0 Å². The third kappa shape index (κ3) is 3.35. The van der Waals surface area contributed by atoms with Crippen LogP contribution in [0.2, 0.25) is 0 Å². The lowest BCUT2D eigenvalue weighted by Gasteiger charge is -2.21. The molecule has 4 nitrogen and oxygen atoms in total. The lowest BCUT2D eigenvalue weighted by Crippen LogP contribution is -2.30. The molecule has 1 aromatic carbocycles. The van der Waals surface area contributed by atoms with Gasteiger partial charge in [-0.1, -0.05) is 30.3 Å². The van der Waals surface area contributed by atoms with E-state index in [4.69, 9.17) is 0 Å². The smallest absolute Gasteiger partial charge is 0.243 e. The molecule has 0 saturated carbocycles. The Hall–Kier alpha value is -2.36. The van der Waals surface area contributed by atoms with E-state index in [1.54, 1.807) is 12.5 Å². The first-order chi connectivity index (χ1) is 9.60. The molecule has 0 radical (unpaired) electrons. The van der Waals surface area contributed by atoms with Crippen molar-refractivity contribution in [2.45, 2.75) is 26.4 Å². The minimum Gasteiger partial charge on any atom is -0.344 e. The SMILES string of the molecule is C=CC(=O)NC(Cn1ccnc1)c1ccc(C)cc1C. The first-order valence-electron chi connectivity index (χ1n) is 6.56. The number of nitrogens with zero attached hydrogens (tertiary/aromatic N) is 2. The van der Waals surface area contributed by atoms with Gasteiger partial charge in [-0.05, 0) is 31.1 Å². The highest BCUT2D eigenvalue weighted by atomic mass is 16.1. The van der Waals surface area contributed by atoms with Crippen LogP contribution in [0.3, 0.4) is 0 Å². The molecule has 2 rings (SSSR count). The molecule has 1 unspecified atom stereocenters. The topological polar surface area (TPSA) is 46.9 Å². The van der Waals surface area contributed by atoms with Gasteiger partial charge in [0.15, 0.2) is 0 Å². The van der Waals surface area contributed by atoms with Gasteiger partial charge >= 0.3 is 0 Å². The standard InChI is InChI=1S/C16H19N3O/c1-4-16(20)18-15(10-19-8-7-17-11-19)14-6-5-12(2)9-13(14)3/h4-9,11,15H,1,10H2,2-3H3,(H,18,20). The summed E-state index contributed by atoms with van der Waals surface area (Å²) in [6.45, 7) is 8.27. The highest BCUT2D eigenvalue weighted by Gasteiger charge is 2.16. The summed E-state index contributed by atoms with van der Waals surface area (Å²) in [6, 6.07) is 6.14. The van der Waals surface area contributed by atoms with Crippen LogP contribution in [0.1, 0.15) is 22.7 Å². The van der Waals surface area contributed by atoms with Crippen molar-refractivity contribution >= 4 is 5.91 Å². The van der Waals surface area contributed by atoms with Crippen LogP contribution in [0.15, 0.2) is 49.6 Å². The predicted molar refractivity (Wildman–Crippen MR) is 79.2 cm³/mol. The summed E-state index contributed by atoms with van der Waals surface area (Å²) in [5.41, 5.74) is 3.49. The van der Waals surface area contributed by atoms with Crippen LogP contribution in [0.25, 0.3) is 0 Å². The lowest BCUT2D eigenvalue weighted by molar-refractivity contribution is -0.117. The van der Waals surface area contributed by atoms with Crippen LogP contribution in [0, 0.1) is 13.8 Å². The van der Waals surface area contributed by atoms with E-state index in [0.29, 0.717) is 6.54 Å². The van der Waals surface area contributed by atoms with E-state index in [2.05, 4.69) is 48.9 Å². The Morgan fingerprint density at radius 2 is 2.30 bits per heavy atom. The van der Waals surface area contributed by atoms with Crippen molar-refractivity contribution in [1.29, 1.82) is 0 Å². The molecule has 0 bridgehead atoms. The highest BCUT2D eigenvalue weighted by Crippen LogP contribution is 2.20. The van der Waals surface area contributed by atoms with Crippen LogP contribution >= 0.6 is 0 Å². The van der Waals surface area contributed by atoms with E-state index in [-0.39, 0.29) is 11.9 Å². The summed E-state index contributed by atoms with van der Waals surface area (Å²) in [5.74, 6) is -0.171. The summed E-state index contributed by atoms with van der Waals surface area (Å²) < 4.78 is 1.95. The molecular weight excluding hydrogens is 250 g/mol. The number of amides is 1. The Balaban J connectivity index is 2.29. The van der Waals surface area contributed by atoms with Gasteiger partial charge < -0.3 is 9.88 Å². The van der Waals surface area contributed by atoms with Gasteiger partial charge in [0.1, 0.15) is 0 Å². The van der Waals surface area contributed by atoms with Crippen molar-refractivity contribution in [2.75, 3.05) is 0 Å². The number of nitrogens with one attached hydrogen (secondary N) is 1. The van der Waals surface area contributed by atoms with Crippen LogP contribution in [-0.2, 0) is 11.3 Å². The third-order valence-corrected chi connectivity index (χ3v) is 3.26. The van der Waals surface area contributed by atoms with E-state index in [9.17, 15) is 4.79 Å². The largest absolute Gasteiger partial charge is 0.344 e. The summed E-state index contributed by atoms with van der Waals surface area (Å²) in [6.07, 6.45) is 6.66. The van der Waals surface area contributed by atoms with Gasteiger partial charge in [0.05, 0.1) is 12.4 Å². The van der Waals surface area contributed by atoms with E-state index in [1.807, 2.05) is 10.8 Å². The monoisotopic (exact) mass is 269 g/mol. The first-order valence-corrected chi connectivity index (χ1v) is 6.56. The number of hydrogen-bond acceptors (Lipinski definition) is 2. The molecular formula is C16H19N3O. The van der Waals surface area contributed by atoms with E-state index >= 15 is 0 Å². The van der Waals surface area contributed by atoms with Crippen LogP contribution in [-0.4, -0.2) is 15.5 Å². The molecule has 1 amide bonds. The molecule has 2 aromatic rings. The summed E-state index contributed by atoms with van der Waals surface area (Å²) in [7, 11) is 0. The van der Waals surface area contributed by atoms with Gasteiger partial charge in [-0.3, -0.25) is 4.79 Å². The number of aryl methyl sites for hydroxylation is 2. The summed E-state index contributed by atoms with van der Waals surface area (Å²) >= 11 is 0. The molecule has 0 saturated heterocycles. The average Bonchev–Trinajstić information content (AvgIpc) is 2.91. The fourth-order valence-corrected chi connectivity index (χ4v) is 2.27. The van der Waals surface area contributed by atoms with Crippen molar-refractivity contribution in [3.05, 3.63) is 66.3 Å². The molecule has 1 heterocycles. The molecule has 104 valence electrons. The minimum atomic E-state index is -0.171. The Morgan fingerprint density at radius 1 is 1.50 bits per heavy atom. The molecule has 0 fully saturated rings. The maximum Gasteiger partial charge on any atom is 0.243 e. The molecule has 0 spiro atoms. The van der Waals surface area contributed by atoms with Gasteiger partial charge in [-0.2, -0.15) is 0 Å². The van der Waals surface area contributed by atoms with Crippen LogP contribution in [0.4, 0.5) is 0 Å². The van der Waals surface area contributed by atoms with E-state index < -0.39 is 0 Å². The molecule has 0 aliphatic carbocycles. The molecule has 4 heteroatoms. The molecule has 1 atom stereocenters. The normalized spacial score (nSPS) is 11.9. The quantitative estimate of drug-likeness (QED) is 0.848. The van der Waals surface area contributed by atoms with Crippen molar-refractivity contribution in [3.8, 4) is 0 Å². The third-order valence-electron chi connectivity index (χ3n) is 3.26. The van der Waals surface area contributed by atoms with Gasteiger partial charge in [0, 0.05) is 18.9 Å². The summed E-state index contributed by atoms with van der Waals surface area (Å²) in [5, 5.41) is 2.98. The van der Waals surface area contributed by atoms with Crippen LogP contribution < -0.4 is 5.32 Å². The summed E-state index contributed by atoms with van der Waals surface area (Å²) in [4.78, 5) is 15.7. The second-order valence-electron chi connectivity index (χ2n) is 4.88. The zero-order chi connectivity index (χ0) is 14.5. The Kier molecular flexibility index (Phi) is 4.35. The zero-order valence-corrected chi connectivity index (χ0v) is 11.8. The van der Waals surface area contributed by atoms with E-state index in [0.717, 1.165) is 5.56 Å².